The molecule has 0 spiro atoms. The molecule has 6 heteroatoms. The lowest BCUT2D eigenvalue weighted by molar-refractivity contribution is 0.0789. The molecular formula is C21H25N5O. The Morgan fingerprint density at radius 1 is 1.30 bits per heavy atom. The zero-order valence-electron chi connectivity index (χ0n) is 15.8. The molecule has 1 unspecified atom stereocenters. The average Bonchev–Trinajstić information content (AvgIpc) is 3.34. The third-order valence-electron chi connectivity index (χ3n) is 5.26. The fourth-order valence-corrected chi connectivity index (χ4v) is 3.71. The van der Waals surface area contributed by atoms with Crippen LogP contribution >= 0.6 is 0 Å². The van der Waals surface area contributed by atoms with Crippen molar-refractivity contribution in [1.29, 1.82) is 0 Å². The summed E-state index contributed by atoms with van der Waals surface area (Å²) in [5.41, 5.74) is 9.01. The van der Waals surface area contributed by atoms with Gasteiger partial charge in [-0.05, 0) is 38.8 Å². The third kappa shape index (κ3) is 3.21. The van der Waals surface area contributed by atoms with Gasteiger partial charge in [0.25, 0.3) is 5.91 Å². The summed E-state index contributed by atoms with van der Waals surface area (Å²) in [6, 6.07) is 12.0. The number of nitrogens with two attached hydrogens (primary N) is 1. The van der Waals surface area contributed by atoms with Gasteiger partial charge in [0.1, 0.15) is 0 Å². The Morgan fingerprint density at radius 2 is 2.07 bits per heavy atom. The zero-order chi connectivity index (χ0) is 19.0. The van der Waals surface area contributed by atoms with Gasteiger partial charge in [0.2, 0.25) is 0 Å². The fourth-order valence-electron chi connectivity index (χ4n) is 3.71. The van der Waals surface area contributed by atoms with Crippen molar-refractivity contribution in [3.63, 3.8) is 0 Å². The number of pyridine rings is 1. The van der Waals surface area contributed by atoms with Crippen molar-refractivity contribution >= 4 is 16.9 Å². The number of hydrogen-bond donors (Lipinski definition) is 1. The minimum Gasteiger partial charge on any atom is -0.338 e. The molecule has 2 aromatic heterocycles. The molecule has 1 saturated heterocycles. The highest BCUT2D eigenvalue weighted by atomic mass is 16.2. The van der Waals surface area contributed by atoms with Gasteiger partial charge >= 0.3 is 0 Å². The van der Waals surface area contributed by atoms with E-state index in [-0.39, 0.29) is 11.9 Å². The summed E-state index contributed by atoms with van der Waals surface area (Å²) in [6.45, 7) is 6.23. The molecule has 3 aromatic rings. The van der Waals surface area contributed by atoms with Crippen molar-refractivity contribution in [1.82, 2.24) is 19.7 Å². The van der Waals surface area contributed by atoms with Gasteiger partial charge in [-0.15, -0.1) is 0 Å². The van der Waals surface area contributed by atoms with Crippen LogP contribution in [0.5, 0.6) is 0 Å². The van der Waals surface area contributed by atoms with Crippen LogP contribution in [0.1, 0.15) is 36.7 Å². The van der Waals surface area contributed by atoms with Crippen LogP contribution in [0, 0.1) is 5.92 Å². The predicted octanol–water partition coefficient (Wildman–Crippen LogP) is 3.10. The Morgan fingerprint density at radius 3 is 2.74 bits per heavy atom. The molecule has 1 fully saturated rings. The summed E-state index contributed by atoms with van der Waals surface area (Å²) in [4.78, 5) is 20.1. The molecule has 1 amide bonds. The summed E-state index contributed by atoms with van der Waals surface area (Å²) in [7, 11) is 0. The molecule has 0 bridgehead atoms. The van der Waals surface area contributed by atoms with E-state index < -0.39 is 0 Å². The van der Waals surface area contributed by atoms with Gasteiger partial charge < -0.3 is 10.6 Å². The number of carbonyl (C=O) groups is 1. The van der Waals surface area contributed by atoms with Gasteiger partial charge in [-0.1, -0.05) is 30.3 Å². The second-order valence-corrected chi connectivity index (χ2v) is 7.48. The van der Waals surface area contributed by atoms with Crippen LogP contribution in [0.3, 0.4) is 0 Å². The Hall–Kier alpha value is -2.73. The average molecular weight is 363 g/mol. The third-order valence-corrected chi connectivity index (χ3v) is 5.26. The summed E-state index contributed by atoms with van der Waals surface area (Å²) < 4.78 is 1.88. The first-order valence-electron chi connectivity index (χ1n) is 9.51. The Labute approximate surface area is 159 Å². The summed E-state index contributed by atoms with van der Waals surface area (Å²) in [5, 5.41) is 5.30. The van der Waals surface area contributed by atoms with Gasteiger partial charge in [0, 0.05) is 24.7 Å². The standard InChI is InChI=1S/C21H25N5O/c1-14(2)26-20-18(12-23-26)17(21(27)25-9-8-15(11-22)13-25)10-19(24-20)16-6-4-3-5-7-16/h3-7,10,12,14-15H,8-9,11,13,22H2,1-2H3. The highest BCUT2D eigenvalue weighted by Crippen LogP contribution is 2.28. The lowest BCUT2D eigenvalue weighted by Crippen LogP contribution is -2.30. The van der Waals surface area contributed by atoms with E-state index in [9.17, 15) is 4.79 Å². The maximum Gasteiger partial charge on any atom is 0.254 e. The van der Waals surface area contributed by atoms with Crippen LogP contribution in [0.2, 0.25) is 0 Å². The van der Waals surface area contributed by atoms with Gasteiger partial charge in [-0.2, -0.15) is 5.10 Å². The van der Waals surface area contributed by atoms with Gasteiger partial charge in [0.05, 0.1) is 22.8 Å². The molecular weight excluding hydrogens is 338 g/mol. The van der Waals surface area contributed by atoms with Crippen LogP contribution in [-0.4, -0.2) is 45.2 Å². The number of amides is 1. The molecule has 1 atom stereocenters. The normalized spacial score (nSPS) is 17.2. The molecule has 1 aliphatic heterocycles. The first kappa shape index (κ1) is 17.7. The molecule has 2 N–H and O–H groups in total. The monoisotopic (exact) mass is 363 g/mol. The minimum absolute atomic E-state index is 0.0406. The second kappa shape index (κ2) is 7.12. The van der Waals surface area contributed by atoms with Crippen molar-refractivity contribution in [3.05, 3.63) is 48.2 Å². The van der Waals surface area contributed by atoms with Gasteiger partial charge in [-0.25, -0.2) is 9.67 Å². The number of fused-ring (bicyclic) bond motifs is 1. The van der Waals surface area contributed by atoms with E-state index in [1.165, 1.54) is 0 Å². The van der Waals surface area contributed by atoms with Crippen molar-refractivity contribution in [2.75, 3.05) is 19.6 Å². The molecule has 1 aliphatic rings. The smallest absolute Gasteiger partial charge is 0.254 e. The van der Waals surface area contributed by atoms with Crippen molar-refractivity contribution < 1.29 is 4.79 Å². The van der Waals surface area contributed by atoms with Crippen molar-refractivity contribution in [3.8, 4) is 11.3 Å². The Balaban J connectivity index is 1.84. The predicted molar refractivity (Wildman–Crippen MR) is 106 cm³/mol. The second-order valence-electron chi connectivity index (χ2n) is 7.48. The van der Waals surface area contributed by atoms with Crippen molar-refractivity contribution in [2.24, 2.45) is 11.7 Å². The lowest BCUT2D eigenvalue weighted by atomic mass is 10.1. The van der Waals surface area contributed by atoms with E-state index in [1.54, 1.807) is 6.20 Å². The molecule has 4 rings (SSSR count). The number of hydrogen-bond acceptors (Lipinski definition) is 4. The van der Waals surface area contributed by atoms with Crippen LogP contribution in [0.4, 0.5) is 0 Å². The highest BCUT2D eigenvalue weighted by Gasteiger charge is 2.28. The number of benzene rings is 1. The fraction of sp³-hybridized carbons (Fsp3) is 0.381. The summed E-state index contributed by atoms with van der Waals surface area (Å²) in [6.07, 6.45) is 2.73. The summed E-state index contributed by atoms with van der Waals surface area (Å²) in [5.74, 6) is 0.428. The van der Waals surface area contributed by atoms with Crippen LogP contribution in [0.25, 0.3) is 22.3 Å². The van der Waals surface area contributed by atoms with Crippen LogP contribution < -0.4 is 5.73 Å². The van der Waals surface area contributed by atoms with Crippen LogP contribution in [0.15, 0.2) is 42.6 Å². The van der Waals surface area contributed by atoms with Gasteiger partial charge in [0.15, 0.2) is 5.65 Å². The first-order valence-corrected chi connectivity index (χ1v) is 9.51. The summed E-state index contributed by atoms with van der Waals surface area (Å²) >= 11 is 0. The van der Waals surface area contributed by atoms with E-state index in [2.05, 4.69) is 18.9 Å². The number of aromatic nitrogens is 3. The van der Waals surface area contributed by atoms with E-state index in [0.717, 1.165) is 41.8 Å². The lowest BCUT2D eigenvalue weighted by Gasteiger charge is -2.18. The number of rotatable bonds is 4. The van der Waals surface area contributed by atoms with E-state index >= 15 is 0 Å². The molecule has 0 saturated carbocycles. The maximum atomic E-state index is 13.3. The first-order chi connectivity index (χ1) is 13.1. The largest absolute Gasteiger partial charge is 0.338 e. The zero-order valence-corrected chi connectivity index (χ0v) is 15.8. The van der Waals surface area contributed by atoms with E-state index in [4.69, 9.17) is 10.7 Å². The molecule has 0 aliphatic carbocycles. The topological polar surface area (TPSA) is 77.0 Å². The number of carbonyl (C=O) groups excluding carboxylic acids is 1. The quantitative estimate of drug-likeness (QED) is 0.773. The Bertz CT molecular complexity index is 963. The number of nitrogens with zero attached hydrogens (tertiary/aromatic N) is 4. The minimum atomic E-state index is 0.0406. The number of likely N-dealkylation sites (tertiary alicyclic amines) is 1. The van der Waals surface area contributed by atoms with E-state index in [0.29, 0.717) is 18.0 Å². The van der Waals surface area contributed by atoms with E-state index in [1.807, 2.05) is 46.0 Å². The van der Waals surface area contributed by atoms with Gasteiger partial charge in [-0.3, -0.25) is 4.79 Å². The van der Waals surface area contributed by atoms with Crippen molar-refractivity contribution in [2.45, 2.75) is 26.3 Å². The molecule has 0 radical (unpaired) electrons. The molecule has 1 aromatic carbocycles. The Kier molecular flexibility index (Phi) is 4.66. The highest BCUT2D eigenvalue weighted by molar-refractivity contribution is 6.06. The molecule has 27 heavy (non-hydrogen) atoms. The molecule has 6 nitrogen and oxygen atoms in total. The SMILES string of the molecule is CC(C)n1ncc2c(C(=O)N3CCC(CN)C3)cc(-c3ccccc3)nc21. The van der Waals surface area contributed by atoms with Crippen LogP contribution in [-0.2, 0) is 0 Å². The maximum absolute atomic E-state index is 13.3. The molecule has 3 heterocycles. The molecule has 140 valence electrons.